The molecule has 1 aromatic carbocycles. The van der Waals surface area contributed by atoms with E-state index in [1.807, 2.05) is 0 Å². The molecule has 0 aliphatic carbocycles. The summed E-state index contributed by atoms with van der Waals surface area (Å²) in [7, 11) is 0. The van der Waals surface area contributed by atoms with Gasteiger partial charge in [-0.05, 0) is 24.3 Å². The van der Waals surface area contributed by atoms with Gasteiger partial charge in [-0.25, -0.2) is 4.98 Å². The first kappa shape index (κ1) is 18.8. The first-order valence-electron chi connectivity index (χ1n) is 7.26. The van der Waals surface area contributed by atoms with Crippen LogP contribution in [0.4, 0.5) is 24.0 Å². The number of piperazine rings is 1. The molecule has 0 amide bonds. The zero-order valence-electron chi connectivity index (χ0n) is 12.8. The second kappa shape index (κ2) is 7.58. The first-order chi connectivity index (χ1) is 10.9. The van der Waals surface area contributed by atoms with Crippen LogP contribution in [-0.2, 0) is 12.7 Å². The van der Waals surface area contributed by atoms with Gasteiger partial charge in [0.15, 0.2) is 5.13 Å². The van der Waals surface area contributed by atoms with Gasteiger partial charge in [-0.15, -0.1) is 23.7 Å². The number of alkyl halides is 3. The minimum Gasteiger partial charge on any atom is -0.375 e. The summed E-state index contributed by atoms with van der Waals surface area (Å²) in [6.45, 7) is 4.12. The molecule has 0 atom stereocenters. The molecule has 1 aliphatic rings. The van der Waals surface area contributed by atoms with Crippen LogP contribution < -0.4 is 10.6 Å². The fraction of sp³-hybridized carbons (Fsp3) is 0.400. The average Bonchev–Trinajstić information content (AvgIpc) is 2.92. The van der Waals surface area contributed by atoms with Crippen molar-refractivity contribution in [2.24, 2.45) is 0 Å². The number of nitrogens with two attached hydrogens (primary N) is 1. The third-order valence-corrected chi connectivity index (χ3v) is 4.69. The highest BCUT2D eigenvalue weighted by Crippen LogP contribution is 2.30. The summed E-state index contributed by atoms with van der Waals surface area (Å²) in [4.78, 5) is 9.58. The second-order valence-corrected chi connectivity index (χ2v) is 6.62. The van der Waals surface area contributed by atoms with Crippen molar-refractivity contribution >= 4 is 34.6 Å². The van der Waals surface area contributed by atoms with Crippen LogP contribution in [0.1, 0.15) is 10.4 Å². The van der Waals surface area contributed by atoms with Crippen LogP contribution in [0.2, 0.25) is 0 Å². The molecular formula is C15H18ClF3N4S. The van der Waals surface area contributed by atoms with Gasteiger partial charge in [0.1, 0.15) is 0 Å². The molecule has 24 heavy (non-hydrogen) atoms. The summed E-state index contributed by atoms with van der Waals surface area (Å²) in [5.74, 6) is 0. The lowest BCUT2D eigenvalue weighted by molar-refractivity contribution is -0.137. The van der Waals surface area contributed by atoms with Crippen LogP contribution in [0.3, 0.4) is 0 Å². The van der Waals surface area contributed by atoms with Gasteiger partial charge >= 0.3 is 6.18 Å². The van der Waals surface area contributed by atoms with Crippen molar-refractivity contribution in [1.82, 2.24) is 9.88 Å². The lowest BCUT2D eigenvalue weighted by Crippen LogP contribution is -2.45. The number of hydrogen-bond acceptors (Lipinski definition) is 5. The van der Waals surface area contributed by atoms with E-state index < -0.39 is 11.7 Å². The largest absolute Gasteiger partial charge is 0.416 e. The predicted molar refractivity (Wildman–Crippen MR) is 92.7 cm³/mol. The number of anilines is 2. The Balaban J connectivity index is 0.00000208. The zero-order valence-corrected chi connectivity index (χ0v) is 14.4. The SMILES string of the molecule is Cl.Nc1ncc(CN2CCN(c3ccc(C(F)(F)F)cc3)CC2)s1. The molecule has 3 rings (SSSR count). The Labute approximate surface area is 148 Å². The minimum absolute atomic E-state index is 0. The number of halogens is 4. The molecule has 0 unspecified atom stereocenters. The van der Waals surface area contributed by atoms with E-state index in [4.69, 9.17) is 5.73 Å². The molecule has 0 spiro atoms. The highest BCUT2D eigenvalue weighted by molar-refractivity contribution is 7.15. The van der Waals surface area contributed by atoms with E-state index in [2.05, 4.69) is 14.8 Å². The van der Waals surface area contributed by atoms with Crippen molar-refractivity contribution < 1.29 is 13.2 Å². The average molecular weight is 379 g/mol. The molecule has 1 aliphatic heterocycles. The van der Waals surface area contributed by atoms with Crippen molar-refractivity contribution in [3.05, 3.63) is 40.9 Å². The first-order valence-corrected chi connectivity index (χ1v) is 8.08. The zero-order chi connectivity index (χ0) is 16.4. The van der Waals surface area contributed by atoms with Crippen LogP contribution in [0.15, 0.2) is 30.5 Å². The standard InChI is InChI=1S/C15H17F3N4S.ClH/c16-15(17,18)11-1-3-12(4-2-11)22-7-5-21(6-8-22)10-13-9-20-14(19)23-13;/h1-4,9H,5-8,10H2,(H2,19,20);1H. The number of rotatable bonds is 3. The second-order valence-electron chi connectivity index (χ2n) is 5.47. The maximum atomic E-state index is 12.6. The topological polar surface area (TPSA) is 45.4 Å². The minimum atomic E-state index is -4.28. The molecule has 1 saturated heterocycles. The van der Waals surface area contributed by atoms with Gasteiger partial charge in [0.25, 0.3) is 0 Å². The van der Waals surface area contributed by atoms with Gasteiger partial charge < -0.3 is 10.6 Å². The molecule has 1 fully saturated rings. The maximum Gasteiger partial charge on any atom is 0.416 e. The molecule has 2 N–H and O–H groups in total. The Hall–Kier alpha value is -1.51. The molecule has 4 nitrogen and oxygen atoms in total. The van der Waals surface area contributed by atoms with Gasteiger partial charge in [0, 0.05) is 49.5 Å². The van der Waals surface area contributed by atoms with E-state index in [0.29, 0.717) is 5.13 Å². The fourth-order valence-corrected chi connectivity index (χ4v) is 3.37. The van der Waals surface area contributed by atoms with E-state index in [0.717, 1.165) is 55.4 Å². The van der Waals surface area contributed by atoms with Crippen LogP contribution in [0.5, 0.6) is 0 Å². The highest BCUT2D eigenvalue weighted by Gasteiger charge is 2.30. The molecule has 0 radical (unpaired) electrons. The van der Waals surface area contributed by atoms with Gasteiger partial charge in [-0.2, -0.15) is 13.2 Å². The summed E-state index contributed by atoms with van der Waals surface area (Å²) in [5, 5.41) is 0.573. The van der Waals surface area contributed by atoms with E-state index in [9.17, 15) is 13.2 Å². The number of aromatic nitrogens is 1. The van der Waals surface area contributed by atoms with Gasteiger partial charge in [0.05, 0.1) is 5.56 Å². The molecule has 0 saturated carbocycles. The summed E-state index contributed by atoms with van der Waals surface area (Å²) in [5.41, 5.74) is 5.85. The van der Waals surface area contributed by atoms with Gasteiger partial charge in [-0.1, -0.05) is 0 Å². The maximum absolute atomic E-state index is 12.6. The predicted octanol–water partition coefficient (Wildman–Crippen LogP) is 3.49. The molecule has 9 heteroatoms. The monoisotopic (exact) mass is 378 g/mol. The Morgan fingerprint density at radius 1 is 1.08 bits per heavy atom. The number of hydrogen-bond donors (Lipinski definition) is 1. The van der Waals surface area contributed by atoms with Crippen LogP contribution >= 0.6 is 23.7 Å². The van der Waals surface area contributed by atoms with Crippen molar-refractivity contribution in [2.75, 3.05) is 36.8 Å². The number of nitrogens with zero attached hydrogens (tertiary/aromatic N) is 3. The molecular weight excluding hydrogens is 361 g/mol. The van der Waals surface area contributed by atoms with Crippen LogP contribution in [0.25, 0.3) is 0 Å². The van der Waals surface area contributed by atoms with Crippen LogP contribution in [0, 0.1) is 0 Å². The summed E-state index contributed by atoms with van der Waals surface area (Å²) < 4.78 is 37.8. The van der Waals surface area contributed by atoms with E-state index in [1.54, 1.807) is 18.3 Å². The summed E-state index contributed by atoms with van der Waals surface area (Å²) in [6.07, 6.45) is -2.49. The third kappa shape index (κ3) is 4.52. The quantitative estimate of drug-likeness (QED) is 0.888. The smallest absolute Gasteiger partial charge is 0.375 e. The van der Waals surface area contributed by atoms with E-state index >= 15 is 0 Å². The molecule has 132 valence electrons. The Kier molecular flexibility index (Phi) is 5.95. The third-order valence-electron chi connectivity index (χ3n) is 3.88. The number of nitrogen functional groups attached to an aromatic ring is 1. The van der Waals surface area contributed by atoms with Crippen LogP contribution in [-0.4, -0.2) is 36.1 Å². The van der Waals surface area contributed by atoms with Crippen molar-refractivity contribution in [3.8, 4) is 0 Å². The van der Waals surface area contributed by atoms with E-state index in [-0.39, 0.29) is 12.4 Å². The molecule has 2 aromatic rings. The lowest BCUT2D eigenvalue weighted by Gasteiger charge is -2.36. The highest BCUT2D eigenvalue weighted by atomic mass is 35.5. The number of thiazole rings is 1. The number of benzene rings is 1. The summed E-state index contributed by atoms with van der Waals surface area (Å²) >= 11 is 1.49. The summed E-state index contributed by atoms with van der Waals surface area (Å²) in [6, 6.07) is 5.37. The van der Waals surface area contributed by atoms with Crippen molar-refractivity contribution in [3.63, 3.8) is 0 Å². The fourth-order valence-electron chi connectivity index (χ4n) is 2.64. The normalized spacial score (nSPS) is 16.0. The molecule has 2 heterocycles. The lowest BCUT2D eigenvalue weighted by atomic mass is 10.1. The molecule has 1 aromatic heterocycles. The Morgan fingerprint density at radius 3 is 2.21 bits per heavy atom. The van der Waals surface area contributed by atoms with Gasteiger partial charge in [0.2, 0.25) is 0 Å². The van der Waals surface area contributed by atoms with Crippen molar-refractivity contribution in [1.29, 1.82) is 0 Å². The Morgan fingerprint density at radius 2 is 1.71 bits per heavy atom. The van der Waals surface area contributed by atoms with E-state index in [1.165, 1.54) is 11.3 Å². The van der Waals surface area contributed by atoms with Crippen molar-refractivity contribution in [2.45, 2.75) is 12.7 Å². The van der Waals surface area contributed by atoms with Gasteiger partial charge in [-0.3, -0.25) is 4.90 Å². The molecule has 0 bridgehead atoms. The Bertz CT molecular complexity index is 651.